The quantitative estimate of drug-likeness (QED) is 0.779. The van der Waals surface area contributed by atoms with Crippen molar-refractivity contribution in [3.8, 4) is 0 Å². The summed E-state index contributed by atoms with van der Waals surface area (Å²) in [6, 6.07) is 0. The highest BCUT2D eigenvalue weighted by Gasteiger charge is 2.62. The molecule has 2 nitrogen and oxygen atoms in total. The zero-order valence-corrected chi connectivity index (χ0v) is 14.1. The standard InChI is InChI=1S/C20H30O2/c1-18(13-22)7-3-8-19(2)16(18)6-9-20-10-14(4-5-17(19)20)15(11-20)12-21/h11-12,14,16-17,22H,3-10,13H2,1-2H3/t14-,16-,17+,18+,19-,20+/m1/s1. The highest BCUT2D eigenvalue weighted by atomic mass is 16.3. The third-order valence-electron chi connectivity index (χ3n) is 8.34. The Morgan fingerprint density at radius 1 is 1.18 bits per heavy atom. The van der Waals surface area contributed by atoms with Crippen LogP contribution >= 0.6 is 0 Å². The van der Waals surface area contributed by atoms with Crippen LogP contribution in [0, 0.1) is 34.0 Å². The summed E-state index contributed by atoms with van der Waals surface area (Å²) in [6.45, 7) is 5.18. The first-order chi connectivity index (χ1) is 10.5. The Balaban J connectivity index is 1.75. The molecule has 2 heteroatoms. The smallest absolute Gasteiger partial charge is 0.146 e. The lowest BCUT2D eigenvalue weighted by molar-refractivity contribution is -0.149. The molecule has 0 heterocycles. The third kappa shape index (κ3) is 1.74. The monoisotopic (exact) mass is 302 g/mol. The topological polar surface area (TPSA) is 37.3 Å². The van der Waals surface area contributed by atoms with E-state index in [1.54, 1.807) is 0 Å². The summed E-state index contributed by atoms with van der Waals surface area (Å²) < 4.78 is 0. The summed E-state index contributed by atoms with van der Waals surface area (Å²) in [5, 5.41) is 10.1. The van der Waals surface area contributed by atoms with Gasteiger partial charge in [-0.3, -0.25) is 4.79 Å². The van der Waals surface area contributed by atoms with E-state index in [9.17, 15) is 9.90 Å². The number of fused-ring (bicyclic) bond motifs is 3. The molecular formula is C20H30O2. The zero-order valence-electron chi connectivity index (χ0n) is 14.1. The van der Waals surface area contributed by atoms with E-state index in [0.29, 0.717) is 29.3 Å². The molecule has 0 radical (unpaired) electrons. The van der Waals surface area contributed by atoms with E-state index in [0.717, 1.165) is 17.8 Å². The van der Waals surface area contributed by atoms with E-state index in [4.69, 9.17) is 0 Å². The molecule has 0 saturated heterocycles. The van der Waals surface area contributed by atoms with Crippen molar-refractivity contribution >= 4 is 6.29 Å². The van der Waals surface area contributed by atoms with E-state index >= 15 is 0 Å². The number of carbonyl (C=O) groups is 1. The molecule has 4 aliphatic rings. The molecule has 4 rings (SSSR count). The van der Waals surface area contributed by atoms with E-state index < -0.39 is 0 Å². The fraction of sp³-hybridized carbons (Fsp3) is 0.850. The Kier molecular flexibility index (Phi) is 3.18. The molecule has 0 aromatic heterocycles. The summed E-state index contributed by atoms with van der Waals surface area (Å²) in [6.07, 6.45) is 13.5. The number of rotatable bonds is 2. The summed E-state index contributed by atoms with van der Waals surface area (Å²) in [5.74, 6) is 1.92. The van der Waals surface area contributed by atoms with Crippen molar-refractivity contribution in [3.05, 3.63) is 11.6 Å². The molecule has 2 bridgehead atoms. The second-order valence-electron chi connectivity index (χ2n) is 9.29. The van der Waals surface area contributed by atoms with Gasteiger partial charge >= 0.3 is 0 Å². The van der Waals surface area contributed by atoms with E-state index in [1.165, 1.54) is 51.4 Å². The number of hydrogen-bond acceptors (Lipinski definition) is 2. The average molecular weight is 302 g/mol. The molecular weight excluding hydrogens is 272 g/mol. The SMILES string of the molecule is C[C@@]1(CO)CCC[C@]2(C)[C@@H]1CC[C@]13C=C(C=O)[C@H](CC[C@H]12)C3. The van der Waals surface area contributed by atoms with E-state index in [-0.39, 0.29) is 5.41 Å². The normalized spacial score (nSPS) is 53.4. The maximum Gasteiger partial charge on any atom is 0.146 e. The lowest BCUT2D eigenvalue weighted by atomic mass is 9.41. The minimum absolute atomic E-state index is 0.112. The van der Waals surface area contributed by atoms with Crippen molar-refractivity contribution in [1.82, 2.24) is 0 Å². The molecule has 6 atom stereocenters. The number of aliphatic hydroxyl groups is 1. The van der Waals surface area contributed by atoms with Gasteiger partial charge in [-0.25, -0.2) is 0 Å². The molecule has 1 spiro atoms. The molecule has 3 fully saturated rings. The van der Waals surface area contributed by atoms with Gasteiger partial charge in [0, 0.05) is 6.61 Å². The van der Waals surface area contributed by atoms with Crippen LogP contribution in [0.2, 0.25) is 0 Å². The van der Waals surface area contributed by atoms with E-state index in [2.05, 4.69) is 19.9 Å². The molecule has 122 valence electrons. The van der Waals surface area contributed by atoms with Crippen molar-refractivity contribution in [2.45, 2.75) is 65.2 Å². The van der Waals surface area contributed by atoms with Crippen LogP contribution in [-0.4, -0.2) is 18.0 Å². The van der Waals surface area contributed by atoms with Crippen LogP contribution < -0.4 is 0 Å². The minimum atomic E-state index is 0.112. The highest BCUT2D eigenvalue weighted by Crippen LogP contribution is 2.70. The first-order valence-electron chi connectivity index (χ1n) is 9.26. The predicted molar refractivity (Wildman–Crippen MR) is 87.3 cm³/mol. The maximum absolute atomic E-state index is 11.4. The van der Waals surface area contributed by atoms with Gasteiger partial charge in [-0.05, 0) is 84.5 Å². The van der Waals surface area contributed by atoms with Gasteiger partial charge < -0.3 is 5.11 Å². The second kappa shape index (κ2) is 4.69. The fourth-order valence-electron chi connectivity index (χ4n) is 7.43. The van der Waals surface area contributed by atoms with Crippen LogP contribution in [0.5, 0.6) is 0 Å². The van der Waals surface area contributed by atoms with Crippen molar-refractivity contribution in [2.24, 2.45) is 34.0 Å². The van der Waals surface area contributed by atoms with Gasteiger partial charge in [0.2, 0.25) is 0 Å². The first kappa shape index (κ1) is 14.9. The molecule has 3 saturated carbocycles. The third-order valence-corrected chi connectivity index (χ3v) is 8.34. The predicted octanol–water partition coefficient (Wildman–Crippen LogP) is 4.13. The molecule has 0 amide bonds. The Hall–Kier alpha value is -0.630. The van der Waals surface area contributed by atoms with Crippen LogP contribution in [0.15, 0.2) is 11.6 Å². The molecule has 1 N–H and O–H groups in total. The fourth-order valence-corrected chi connectivity index (χ4v) is 7.43. The molecule has 4 aliphatic carbocycles. The molecule has 22 heavy (non-hydrogen) atoms. The Labute approximate surface area is 134 Å². The van der Waals surface area contributed by atoms with Gasteiger partial charge in [0.1, 0.15) is 6.29 Å². The van der Waals surface area contributed by atoms with Crippen LogP contribution in [0.1, 0.15) is 65.2 Å². The van der Waals surface area contributed by atoms with Crippen LogP contribution in [-0.2, 0) is 4.79 Å². The zero-order chi connectivity index (χ0) is 15.6. The number of hydrogen-bond donors (Lipinski definition) is 1. The molecule has 0 aromatic carbocycles. The minimum Gasteiger partial charge on any atom is -0.396 e. The van der Waals surface area contributed by atoms with Gasteiger partial charge in [-0.1, -0.05) is 26.3 Å². The number of carbonyl (C=O) groups excluding carboxylic acids is 1. The van der Waals surface area contributed by atoms with Crippen molar-refractivity contribution < 1.29 is 9.90 Å². The maximum atomic E-state index is 11.4. The summed E-state index contributed by atoms with van der Waals surface area (Å²) in [4.78, 5) is 11.4. The Bertz CT molecular complexity index is 524. The van der Waals surface area contributed by atoms with Gasteiger partial charge in [0.25, 0.3) is 0 Å². The number of aliphatic hydroxyl groups excluding tert-OH is 1. The summed E-state index contributed by atoms with van der Waals surface area (Å²) in [5.41, 5.74) is 1.87. The van der Waals surface area contributed by atoms with Crippen molar-refractivity contribution in [2.75, 3.05) is 6.61 Å². The average Bonchev–Trinajstić information content (AvgIpc) is 2.77. The van der Waals surface area contributed by atoms with Crippen LogP contribution in [0.3, 0.4) is 0 Å². The van der Waals surface area contributed by atoms with Crippen LogP contribution in [0.25, 0.3) is 0 Å². The van der Waals surface area contributed by atoms with Crippen molar-refractivity contribution in [1.29, 1.82) is 0 Å². The molecule has 0 unspecified atom stereocenters. The Morgan fingerprint density at radius 3 is 2.73 bits per heavy atom. The van der Waals surface area contributed by atoms with Crippen LogP contribution in [0.4, 0.5) is 0 Å². The number of allylic oxidation sites excluding steroid dienone is 2. The summed E-state index contributed by atoms with van der Waals surface area (Å²) >= 11 is 0. The highest BCUT2D eigenvalue weighted by molar-refractivity contribution is 5.75. The lowest BCUT2D eigenvalue weighted by Crippen LogP contribution is -2.57. The lowest BCUT2D eigenvalue weighted by Gasteiger charge is -2.64. The first-order valence-corrected chi connectivity index (χ1v) is 9.26. The second-order valence-corrected chi connectivity index (χ2v) is 9.29. The molecule has 0 aromatic rings. The van der Waals surface area contributed by atoms with Gasteiger partial charge in [0.15, 0.2) is 0 Å². The largest absolute Gasteiger partial charge is 0.396 e. The van der Waals surface area contributed by atoms with Gasteiger partial charge in [-0.15, -0.1) is 0 Å². The van der Waals surface area contributed by atoms with Gasteiger partial charge in [-0.2, -0.15) is 0 Å². The number of aldehydes is 1. The summed E-state index contributed by atoms with van der Waals surface area (Å²) in [7, 11) is 0. The van der Waals surface area contributed by atoms with E-state index in [1.807, 2.05) is 0 Å². The Morgan fingerprint density at radius 2 is 2.00 bits per heavy atom. The van der Waals surface area contributed by atoms with Crippen molar-refractivity contribution in [3.63, 3.8) is 0 Å². The molecule has 0 aliphatic heterocycles. The van der Waals surface area contributed by atoms with Gasteiger partial charge in [0.05, 0.1) is 0 Å².